The van der Waals surface area contributed by atoms with Gasteiger partial charge in [-0.05, 0) is 78.5 Å². The van der Waals surface area contributed by atoms with Gasteiger partial charge in [-0.25, -0.2) is 13.8 Å². The standard InChI is InChI=1S/C32H39FN6O7S/c1-17(2)36-30(43)32(4,5)38-26(40)25-18(3)27(39-34-13-14-35-39)47-28(25)37(31(38)44)16-24(22-15-20(33)9-12-23(22)45-6)46-21-10-7-19(8-11-21)29(41)42/h9,12-15,17,19,21,24H,7-8,10-11,16H2,1-6H3,(H,36,43)(H,41,42)/t19-,21-,24-/m0/s1. The van der Waals surface area contributed by atoms with Crippen molar-refractivity contribution in [3.05, 3.63) is 68.4 Å². The normalized spacial score (nSPS) is 17.6. The minimum atomic E-state index is -1.60. The number of hydrogen-bond donors (Lipinski definition) is 2. The Morgan fingerprint density at radius 2 is 1.81 bits per heavy atom. The molecule has 15 heteroatoms. The van der Waals surface area contributed by atoms with E-state index in [4.69, 9.17) is 9.47 Å². The second-order valence-corrected chi connectivity index (χ2v) is 13.6. The molecule has 252 valence electrons. The number of benzene rings is 1. The topological polar surface area (TPSA) is 160 Å². The second-order valence-electron chi connectivity index (χ2n) is 12.6. The Morgan fingerprint density at radius 1 is 1.15 bits per heavy atom. The average molecular weight is 671 g/mol. The molecule has 0 bridgehead atoms. The first-order valence-electron chi connectivity index (χ1n) is 15.4. The number of carbonyl (C=O) groups is 2. The predicted octanol–water partition coefficient (Wildman–Crippen LogP) is 3.92. The van der Waals surface area contributed by atoms with Gasteiger partial charge in [0.1, 0.15) is 33.0 Å². The van der Waals surface area contributed by atoms with E-state index in [0.717, 1.165) is 15.9 Å². The van der Waals surface area contributed by atoms with E-state index >= 15 is 0 Å². The lowest BCUT2D eigenvalue weighted by molar-refractivity contribution is -0.144. The van der Waals surface area contributed by atoms with Crippen molar-refractivity contribution in [2.45, 2.75) is 90.6 Å². The lowest BCUT2D eigenvalue weighted by Gasteiger charge is -2.32. The first-order chi connectivity index (χ1) is 22.2. The van der Waals surface area contributed by atoms with Crippen LogP contribution in [0, 0.1) is 18.7 Å². The molecule has 47 heavy (non-hydrogen) atoms. The largest absolute Gasteiger partial charge is 0.496 e. The summed E-state index contributed by atoms with van der Waals surface area (Å²) in [6.07, 6.45) is 3.36. The molecule has 0 saturated heterocycles. The smallest absolute Gasteiger partial charge is 0.333 e. The molecule has 0 radical (unpaired) electrons. The SMILES string of the molecule is COc1ccc(F)cc1[C@H](Cn1c(=O)n(C(C)(C)C(=O)NC(C)C)c(=O)c2c(C)c(-n3nccn3)sc21)O[C@H]1CC[C@H](C(=O)O)CC1. The fourth-order valence-electron chi connectivity index (χ4n) is 6.06. The lowest BCUT2D eigenvalue weighted by Crippen LogP contribution is -2.56. The number of fused-ring (bicyclic) bond motifs is 1. The van der Waals surface area contributed by atoms with Gasteiger partial charge in [-0.2, -0.15) is 10.2 Å². The summed E-state index contributed by atoms with van der Waals surface area (Å²) >= 11 is 1.14. The van der Waals surface area contributed by atoms with E-state index in [1.54, 1.807) is 20.8 Å². The van der Waals surface area contributed by atoms with E-state index in [2.05, 4.69) is 15.5 Å². The minimum absolute atomic E-state index is 0.178. The zero-order valence-corrected chi connectivity index (χ0v) is 28.0. The maximum absolute atomic E-state index is 14.8. The van der Waals surface area contributed by atoms with Crippen molar-refractivity contribution in [1.29, 1.82) is 0 Å². The van der Waals surface area contributed by atoms with Crippen molar-refractivity contribution >= 4 is 33.4 Å². The summed E-state index contributed by atoms with van der Waals surface area (Å²) in [4.78, 5) is 55.5. The molecular formula is C32H39FN6O7S. The molecule has 1 aliphatic rings. The van der Waals surface area contributed by atoms with Crippen LogP contribution in [0.15, 0.2) is 40.2 Å². The van der Waals surface area contributed by atoms with Gasteiger partial charge in [0, 0.05) is 17.2 Å². The van der Waals surface area contributed by atoms with Gasteiger partial charge in [0.05, 0.1) is 43.5 Å². The number of nitrogens with one attached hydrogen (secondary N) is 1. The van der Waals surface area contributed by atoms with Crippen LogP contribution in [0.25, 0.3) is 15.2 Å². The summed E-state index contributed by atoms with van der Waals surface area (Å²) in [6.45, 7) is 8.12. The van der Waals surface area contributed by atoms with Crippen molar-refractivity contribution in [3.63, 3.8) is 0 Å². The Kier molecular flexibility index (Phi) is 9.68. The molecule has 3 aromatic heterocycles. The Hall–Kier alpha value is -4.37. The number of nitrogens with zero attached hydrogens (tertiary/aromatic N) is 5. The van der Waals surface area contributed by atoms with Crippen LogP contribution >= 0.6 is 11.3 Å². The van der Waals surface area contributed by atoms with Gasteiger partial charge in [0.25, 0.3) is 5.56 Å². The molecule has 2 N–H and O–H groups in total. The quantitative estimate of drug-likeness (QED) is 0.241. The minimum Gasteiger partial charge on any atom is -0.496 e. The maximum atomic E-state index is 14.8. The molecule has 1 amide bonds. The zero-order valence-electron chi connectivity index (χ0n) is 27.2. The molecular weight excluding hydrogens is 631 g/mol. The highest BCUT2D eigenvalue weighted by atomic mass is 32.1. The van der Waals surface area contributed by atoms with Crippen LogP contribution < -0.4 is 21.3 Å². The molecule has 0 aliphatic heterocycles. The van der Waals surface area contributed by atoms with Gasteiger partial charge < -0.3 is 19.9 Å². The number of aryl methyl sites for hydroxylation is 1. The third-order valence-electron chi connectivity index (χ3n) is 8.59. The van der Waals surface area contributed by atoms with Gasteiger partial charge in [-0.15, -0.1) is 4.80 Å². The number of ether oxygens (including phenoxy) is 2. The van der Waals surface area contributed by atoms with Gasteiger partial charge in [-0.3, -0.25) is 19.0 Å². The third kappa shape index (κ3) is 6.59. The van der Waals surface area contributed by atoms with Gasteiger partial charge >= 0.3 is 11.7 Å². The van der Waals surface area contributed by atoms with Crippen molar-refractivity contribution in [1.82, 2.24) is 29.4 Å². The molecule has 1 aliphatic carbocycles. The molecule has 4 aromatic rings. The van der Waals surface area contributed by atoms with Crippen LogP contribution in [0.5, 0.6) is 5.75 Å². The first kappa shape index (κ1) is 34.0. The summed E-state index contributed by atoms with van der Waals surface area (Å²) in [6, 6.07) is 3.75. The summed E-state index contributed by atoms with van der Waals surface area (Å²) in [7, 11) is 1.44. The van der Waals surface area contributed by atoms with E-state index in [1.165, 1.54) is 60.9 Å². The molecule has 1 aromatic carbocycles. The number of amides is 1. The molecule has 3 heterocycles. The van der Waals surface area contributed by atoms with E-state index in [1.807, 2.05) is 0 Å². The monoisotopic (exact) mass is 670 g/mol. The molecule has 5 rings (SSSR count). The van der Waals surface area contributed by atoms with Crippen LogP contribution in [-0.2, 0) is 26.4 Å². The number of hydrogen-bond acceptors (Lipinski definition) is 9. The highest BCUT2D eigenvalue weighted by Crippen LogP contribution is 2.37. The number of aliphatic carboxylic acids is 1. The number of halogens is 1. The number of aromatic nitrogens is 5. The highest BCUT2D eigenvalue weighted by molar-refractivity contribution is 7.21. The number of thiophene rings is 1. The first-order valence-corrected chi connectivity index (χ1v) is 16.2. The van der Waals surface area contributed by atoms with Crippen molar-refractivity contribution < 1.29 is 28.6 Å². The fourth-order valence-corrected chi connectivity index (χ4v) is 7.28. The number of carboxylic acids is 1. The molecule has 0 unspecified atom stereocenters. The van der Waals surface area contributed by atoms with Gasteiger partial charge in [-0.1, -0.05) is 11.3 Å². The van der Waals surface area contributed by atoms with Crippen molar-refractivity contribution in [2.75, 3.05) is 7.11 Å². The van der Waals surface area contributed by atoms with Crippen LogP contribution in [0.2, 0.25) is 0 Å². The van der Waals surface area contributed by atoms with Crippen LogP contribution in [0.4, 0.5) is 4.39 Å². The Bertz CT molecular complexity index is 1910. The predicted molar refractivity (Wildman–Crippen MR) is 173 cm³/mol. The fraction of sp³-hybridized carbons (Fsp3) is 0.500. The second kappa shape index (κ2) is 13.4. The zero-order chi connectivity index (χ0) is 34.2. The van der Waals surface area contributed by atoms with Crippen LogP contribution in [-0.4, -0.2) is 60.4 Å². The molecule has 0 spiro atoms. The van der Waals surface area contributed by atoms with Crippen molar-refractivity contribution in [3.8, 4) is 10.8 Å². The van der Waals surface area contributed by atoms with Crippen LogP contribution in [0.1, 0.15) is 70.6 Å². The summed E-state index contributed by atoms with van der Waals surface area (Å²) in [5.74, 6) is -2.08. The van der Waals surface area contributed by atoms with Crippen LogP contribution in [0.3, 0.4) is 0 Å². The number of carboxylic acid groups (broad SMARTS) is 1. The summed E-state index contributed by atoms with van der Waals surface area (Å²) in [5, 5.41) is 21.5. The Morgan fingerprint density at radius 3 is 2.40 bits per heavy atom. The number of methoxy groups -OCH3 is 1. The average Bonchev–Trinajstić information content (AvgIpc) is 3.66. The molecule has 1 atom stereocenters. The number of rotatable bonds is 11. The van der Waals surface area contributed by atoms with E-state index < -0.39 is 46.5 Å². The van der Waals surface area contributed by atoms with Gasteiger partial charge in [0.15, 0.2) is 0 Å². The third-order valence-corrected chi connectivity index (χ3v) is 9.87. The summed E-state index contributed by atoms with van der Waals surface area (Å²) < 4.78 is 29.3. The van der Waals surface area contributed by atoms with E-state index in [0.29, 0.717) is 52.4 Å². The Balaban J connectivity index is 1.72. The molecule has 1 saturated carbocycles. The summed E-state index contributed by atoms with van der Waals surface area (Å²) in [5.41, 5.74) is -2.16. The lowest BCUT2D eigenvalue weighted by atomic mass is 9.87. The van der Waals surface area contributed by atoms with E-state index in [-0.39, 0.29) is 24.1 Å². The highest BCUT2D eigenvalue weighted by Gasteiger charge is 2.37. The van der Waals surface area contributed by atoms with Gasteiger partial charge in [0.2, 0.25) is 5.91 Å². The van der Waals surface area contributed by atoms with Crippen molar-refractivity contribution in [2.24, 2.45) is 5.92 Å². The molecule has 13 nitrogen and oxygen atoms in total. The molecule has 1 fully saturated rings. The Labute approximate surface area is 273 Å². The number of carbonyl (C=O) groups excluding carboxylic acids is 1. The van der Waals surface area contributed by atoms with E-state index in [9.17, 15) is 28.7 Å². The maximum Gasteiger partial charge on any atom is 0.333 e.